The van der Waals surface area contributed by atoms with Gasteiger partial charge in [0.25, 0.3) is 0 Å². The van der Waals surface area contributed by atoms with Crippen LogP contribution in [0.25, 0.3) is 0 Å². The fraction of sp³-hybridized carbons (Fsp3) is 0.417. The lowest BCUT2D eigenvalue weighted by molar-refractivity contribution is -0.0110. The molecule has 2 rings (SSSR count). The van der Waals surface area contributed by atoms with Crippen LogP contribution >= 0.6 is 0 Å². The molecule has 0 saturated heterocycles. The summed E-state index contributed by atoms with van der Waals surface area (Å²) in [5.74, 6) is -0.257. The fourth-order valence-electron chi connectivity index (χ4n) is 1.87. The summed E-state index contributed by atoms with van der Waals surface area (Å²) in [5, 5.41) is 0. The molecule has 80 valence electrons. The molecule has 1 heterocycles. The Morgan fingerprint density at radius 2 is 2.27 bits per heavy atom. The van der Waals surface area contributed by atoms with Gasteiger partial charge in [-0.2, -0.15) is 0 Å². The summed E-state index contributed by atoms with van der Waals surface area (Å²) in [4.78, 5) is 11.7. The molecule has 1 atom stereocenters. The van der Waals surface area contributed by atoms with Gasteiger partial charge in [-0.05, 0) is 25.5 Å². The molecule has 0 aromatic heterocycles. The Hall–Kier alpha value is -1.35. The SMILES string of the molecule is Cc1ccc2c(c1)C(=O)OC(C)(CN)C2. The highest BCUT2D eigenvalue weighted by atomic mass is 16.6. The Morgan fingerprint density at radius 1 is 1.53 bits per heavy atom. The number of hydrogen-bond donors (Lipinski definition) is 1. The average molecular weight is 205 g/mol. The molecule has 0 amide bonds. The van der Waals surface area contributed by atoms with Crippen molar-refractivity contribution in [3.05, 3.63) is 34.9 Å². The number of cyclic esters (lactones) is 1. The molecule has 1 aliphatic heterocycles. The van der Waals surface area contributed by atoms with E-state index in [0.717, 1.165) is 11.1 Å². The minimum atomic E-state index is -0.542. The van der Waals surface area contributed by atoms with Gasteiger partial charge in [0.05, 0.1) is 5.56 Å². The van der Waals surface area contributed by atoms with E-state index in [1.54, 1.807) is 0 Å². The molecule has 0 bridgehead atoms. The maximum Gasteiger partial charge on any atom is 0.339 e. The maximum atomic E-state index is 11.7. The number of ether oxygens (including phenoxy) is 1. The van der Waals surface area contributed by atoms with Crippen molar-refractivity contribution < 1.29 is 9.53 Å². The third-order valence-corrected chi connectivity index (χ3v) is 2.82. The number of rotatable bonds is 1. The molecule has 1 unspecified atom stereocenters. The second kappa shape index (κ2) is 3.35. The lowest BCUT2D eigenvalue weighted by Gasteiger charge is -2.33. The van der Waals surface area contributed by atoms with E-state index in [-0.39, 0.29) is 5.97 Å². The Morgan fingerprint density at radius 3 is 2.93 bits per heavy atom. The van der Waals surface area contributed by atoms with Crippen molar-refractivity contribution in [1.29, 1.82) is 0 Å². The van der Waals surface area contributed by atoms with E-state index < -0.39 is 5.60 Å². The third-order valence-electron chi connectivity index (χ3n) is 2.82. The van der Waals surface area contributed by atoms with E-state index in [1.807, 2.05) is 32.0 Å². The van der Waals surface area contributed by atoms with Gasteiger partial charge in [-0.25, -0.2) is 4.79 Å². The lowest BCUT2D eigenvalue weighted by Crippen LogP contribution is -2.45. The van der Waals surface area contributed by atoms with Gasteiger partial charge in [-0.15, -0.1) is 0 Å². The Bertz CT molecular complexity index is 414. The van der Waals surface area contributed by atoms with Gasteiger partial charge in [-0.1, -0.05) is 17.7 Å². The predicted molar refractivity (Wildman–Crippen MR) is 57.8 cm³/mol. The number of hydrogen-bond acceptors (Lipinski definition) is 3. The van der Waals surface area contributed by atoms with Crippen LogP contribution in [0.3, 0.4) is 0 Å². The first-order chi connectivity index (χ1) is 7.04. The zero-order chi connectivity index (χ0) is 11.1. The highest BCUT2D eigenvalue weighted by Gasteiger charge is 2.34. The van der Waals surface area contributed by atoms with Crippen molar-refractivity contribution in [2.75, 3.05) is 6.54 Å². The van der Waals surface area contributed by atoms with E-state index in [9.17, 15) is 4.79 Å². The van der Waals surface area contributed by atoms with Crippen molar-refractivity contribution in [3.8, 4) is 0 Å². The molecule has 1 aromatic carbocycles. The van der Waals surface area contributed by atoms with Crippen molar-refractivity contribution in [2.45, 2.75) is 25.9 Å². The minimum Gasteiger partial charge on any atom is -0.454 e. The quantitative estimate of drug-likeness (QED) is 0.705. The number of carbonyl (C=O) groups excluding carboxylic acids is 1. The van der Waals surface area contributed by atoms with Crippen molar-refractivity contribution in [2.24, 2.45) is 5.73 Å². The van der Waals surface area contributed by atoms with E-state index in [2.05, 4.69) is 0 Å². The average Bonchev–Trinajstić information content (AvgIpc) is 2.20. The van der Waals surface area contributed by atoms with E-state index >= 15 is 0 Å². The van der Waals surface area contributed by atoms with Crippen LogP contribution in [0.15, 0.2) is 18.2 Å². The molecule has 2 N–H and O–H groups in total. The van der Waals surface area contributed by atoms with E-state index in [0.29, 0.717) is 18.5 Å². The number of aryl methyl sites for hydroxylation is 1. The molecule has 1 aliphatic rings. The standard InChI is InChI=1S/C12H15NO2/c1-8-3-4-9-6-12(2,7-13)15-11(14)10(9)5-8/h3-5H,6-7,13H2,1-2H3. The van der Waals surface area contributed by atoms with Crippen molar-refractivity contribution >= 4 is 5.97 Å². The van der Waals surface area contributed by atoms with Crippen LogP contribution in [-0.2, 0) is 11.2 Å². The molecular formula is C12H15NO2. The highest BCUT2D eigenvalue weighted by molar-refractivity contribution is 5.92. The molecule has 0 saturated carbocycles. The van der Waals surface area contributed by atoms with Gasteiger partial charge in [0.2, 0.25) is 0 Å². The lowest BCUT2D eigenvalue weighted by atomic mass is 9.89. The zero-order valence-corrected chi connectivity index (χ0v) is 9.04. The summed E-state index contributed by atoms with van der Waals surface area (Å²) >= 11 is 0. The zero-order valence-electron chi connectivity index (χ0n) is 9.04. The monoisotopic (exact) mass is 205 g/mol. The van der Waals surface area contributed by atoms with Gasteiger partial charge < -0.3 is 10.5 Å². The summed E-state index contributed by atoms with van der Waals surface area (Å²) in [7, 11) is 0. The first kappa shape index (κ1) is 10.2. The van der Waals surface area contributed by atoms with Gasteiger partial charge in [0.1, 0.15) is 5.60 Å². The Balaban J connectivity index is 2.45. The minimum absolute atomic E-state index is 0.257. The molecule has 0 spiro atoms. The smallest absolute Gasteiger partial charge is 0.339 e. The second-order valence-electron chi connectivity index (χ2n) is 4.38. The molecule has 3 heteroatoms. The van der Waals surface area contributed by atoms with Crippen LogP contribution in [-0.4, -0.2) is 18.1 Å². The topological polar surface area (TPSA) is 52.3 Å². The summed E-state index contributed by atoms with van der Waals surface area (Å²) in [6.45, 7) is 4.18. The van der Waals surface area contributed by atoms with Crippen LogP contribution in [0.5, 0.6) is 0 Å². The number of carbonyl (C=O) groups is 1. The normalized spacial score (nSPS) is 24.6. The summed E-state index contributed by atoms with van der Waals surface area (Å²) in [6, 6.07) is 5.86. The van der Waals surface area contributed by atoms with Gasteiger partial charge in [-0.3, -0.25) is 0 Å². The Kier molecular flexibility index (Phi) is 2.27. The summed E-state index contributed by atoms with van der Waals surface area (Å²) in [6.07, 6.45) is 0.699. The van der Waals surface area contributed by atoms with E-state index in [4.69, 9.17) is 10.5 Å². The molecule has 0 radical (unpaired) electrons. The highest BCUT2D eigenvalue weighted by Crippen LogP contribution is 2.27. The molecule has 15 heavy (non-hydrogen) atoms. The van der Waals surface area contributed by atoms with Crippen molar-refractivity contribution in [1.82, 2.24) is 0 Å². The largest absolute Gasteiger partial charge is 0.454 e. The summed E-state index contributed by atoms with van der Waals surface area (Å²) < 4.78 is 5.34. The van der Waals surface area contributed by atoms with Crippen LogP contribution in [0, 0.1) is 6.92 Å². The van der Waals surface area contributed by atoms with Gasteiger partial charge in [0.15, 0.2) is 0 Å². The predicted octanol–water partition coefficient (Wildman–Crippen LogP) is 1.43. The first-order valence-electron chi connectivity index (χ1n) is 5.07. The number of esters is 1. The molecule has 0 aliphatic carbocycles. The molecule has 3 nitrogen and oxygen atoms in total. The van der Waals surface area contributed by atoms with Crippen LogP contribution < -0.4 is 5.73 Å². The Labute approximate surface area is 89.2 Å². The number of benzene rings is 1. The van der Waals surface area contributed by atoms with E-state index in [1.165, 1.54) is 0 Å². The summed E-state index contributed by atoms with van der Waals surface area (Å²) in [5.41, 5.74) is 7.85. The first-order valence-corrected chi connectivity index (χ1v) is 5.07. The fourth-order valence-corrected chi connectivity index (χ4v) is 1.87. The number of nitrogens with two attached hydrogens (primary N) is 1. The third kappa shape index (κ3) is 1.75. The second-order valence-corrected chi connectivity index (χ2v) is 4.38. The van der Waals surface area contributed by atoms with Crippen molar-refractivity contribution in [3.63, 3.8) is 0 Å². The van der Waals surface area contributed by atoms with Crippen LogP contribution in [0.2, 0.25) is 0 Å². The van der Waals surface area contributed by atoms with Gasteiger partial charge >= 0.3 is 5.97 Å². The van der Waals surface area contributed by atoms with Crippen LogP contribution in [0.1, 0.15) is 28.4 Å². The van der Waals surface area contributed by atoms with Gasteiger partial charge in [0, 0.05) is 13.0 Å². The molecule has 1 aromatic rings. The van der Waals surface area contributed by atoms with Crippen LogP contribution in [0.4, 0.5) is 0 Å². The maximum absolute atomic E-state index is 11.7. The number of fused-ring (bicyclic) bond motifs is 1. The molecular weight excluding hydrogens is 190 g/mol. The molecule has 0 fully saturated rings.